The van der Waals surface area contributed by atoms with Crippen LogP contribution in [0.1, 0.15) is 40.8 Å². The molecule has 3 aromatic rings. The van der Waals surface area contributed by atoms with Gasteiger partial charge in [-0.3, -0.25) is 14.9 Å². The second kappa shape index (κ2) is 7.63. The number of halogens is 1. The van der Waals surface area contributed by atoms with E-state index in [1.54, 1.807) is 6.07 Å². The van der Waals surface area contributed by atoms with Crippen LogP contribution in [-0.2, 0) is 12.8 Å². The number of carbonyl (C=O) groups excluding carboxylic acids is 1. The summed E-state index contributed by atoms with van der Waals surface area (Å²) in [5.74, 6) is -0.404. The van der Waals surface area contributed by atoms with E-state index >= 15 is 0 Å². The molecule has 0 fully saturated rings. The Morgan fingerprint density at radius 2 is 2.14 bits per heavy atom. The van der Waals surface area contributed by atoms with Crippen molar-refractivity contribution >= 4 is 22.4 Å². The lowest BCUT2D eigenvalue weighted by Crippen LogP contribution is -2.25. The monoisotopic (exact) mass is 398 g/mol. The molecular formula is C20H19FN4O2S. The van der Waals surface area contributed by atoms with E-state index in [2.05, 4.69) is 22.3 Å². The van der Waals surface area contributed by atoms with Gasteiger partial charge in [0.05, 0.1) is 5.69 Å². The molecule has 6 nitrogen and oxygen atoms in total. The molecule has 1 aliphatic rings. The number of aromatic nitrogens is 3. The van der Waals surface area contributed by atoms with Gasteiger partial charge in [0.2, 0.25) is 0 Å². The van der Waals surface area contributed by atoms with Crippen molar-refractivity contribution in [3.8, 4) is 5.69 Å². The second-order valence-electron chi connectivity index (χ2n) is 6.78. The van der Waals surface area contributed by atoms with Crippen LogP contribution in [0.2, 0.25) is 0 Å². The predicted octanol–water partition coefficient (Wildman–Crippen LogP) is 3.60. The minimum Gasteiger partial charge on any atom is -0.296 e. The van der Waals surface area contributed by atoms with Crippen LogP contribution in [0.5, 0.6) is 0 Å². The summed E-state index contributed by atoms with van der Waals surface area (Å²) in [5.41, 5.74) is 0.547. The van der Waals surface area contributed by atoms with Crippen LogP contribution in [0.15, 0.2) is 41.2 Å². The average molecular weight is 398 g/mol. The number of rotatable bonds is 4. The lowest BCUT2D eigenvalue weighted by atomic mass is 9.89. The molecule has 4 rings (SSSR count). The number of hydrogen-bond donors (Lipinski definition) is 1. The molecule has 0 aliphatic heterocycles. The van der Waals surface area contributed by atoms with Gasteiger partial charge in [-0.05, 0) is 43.4 Å². The number of amides is 1. The lowest BCUT2D eigenvalue weighted by Gasteiger charge is -2.18. The fourth-order valence-electron chi connectivity index (χ4n) is 3.33. The number of fused-ring (bicyclic) bond motifs is 1. The van der Waals surface area contributed by atoms with Crippen LogP contribution < -0.4 is 10.9 Å². The predicted molar refractivity (Wildman–Crippen MR) is 106 cm³/mol. The number of benzene rings is 1. The first-order chi connectivity index (χ1) is 13.5. The van der Waals surface area contributed by atoms with Crippen molar-refractivity contribution in [1.82, 2.24) is 14.8 Å². The molecule has 144 valence electrons. The number of para-hydroxylation sites is 1. The highest BCUT2D eigenvalue weighted by Gasteiger charge is 2.22. The second-order valence-corrected chi connectivity index (χ2v) is 7.86. The summed E-state index contributed by atoms with van der Waals surface area (Å²) >= 11 is 1.48. The zero-order chi connectivity index (χ0) is 19.7. The van der Waals surface area contributed by atoms with Gasteiger partial charge in [-0.1, -0.05) is 25.5 Å². The van der Waals surface area contributed by atoms with Gasteiger partial charge in [0.15, 0.2) is 5.13 Å². The Morgan fingerprint density at radius 3 is 2.93 bits per heavy atom. The first kappa shape index (κ1) is 18.5. The van der Waals surface area contributed by atoms with Gasteiger partial charge in [0.25, 0.3) is 11.5 Å². The van der Waals surface area contributed by atoms with Crippen LogP contribution in [0.3, 0.4) is 0 Å². The van der Waals surface area contributed by atoms with Gasteiger partial charge >= 0.3 is 0 Å². The molecule has 2 heterocycles. The van der Waals surface area contributed by atoms with E-state index in [4.69, 9.17) is 0 Å². The van der Waals surface area contributed by atoms with E-state index in [1.807, 2.05) is 0 Å². The first-order valence-electron chi connectivity index (χ1n) is 9.20. The van der Waals surface area contributed by atoms with Crippen LogP contribution >= 0.6 is 11.3 Å². The summed E-state index contributed by atoms with van der Waals surface area (Å²) in [4.78, 5) is 30.4. The Balaban J connectivity index is 1.58. The van der Waals surface area contributed by atoms with Crippen LogP contribution in [0.25, 0.3) is 5.69 Å². The third-order valence-corrected chi connectivity index (χ3v) is 5.99. The average Bonchev–Trinajstić information content (AvgIpc) is 3.10. The third-order valence-electron chi connectivity index (χ3n) is 4.95. The standard InChI is InChI=1S/C20H19FN4O2S/c1-2-12-7-8-14-17(11-12)28-20(22-14)23-19(27)15-9-10-18(26)25(24-15)16-6-4-3-5-13(16)21/h3-6,9-10,12H,2,7-8,11H2,1H3,(H,22,23,27)/t12-/m0/s1. The molecule has 8 heteroatoms. The Labute approximate surface area is 165 Å². The van der Waals surface area contributed by atoms with E-state index in [-0.39, 0.29) is 11.4 Å². The summed E-state index contributed by atoms with van der Waals surface area (Å²) in [5, 5.41) is 7.32. The maximum absolute atomic E-state index is 14.0. The van der Waals surface area contributed by atoms with E-state index in [0.717, 1.165) is 36.1 Å². The Bertz CT molecular complexity index is 1090. The summed E-state index contributed by atoms with van der Waals surface area (Å²) in [6, 6.07) is 8.32. The zero-order valence-corrected chi connectivity index (χ0v) is 16.1. The Hall–Kier alpha value is -2.87. The van der Waals surface area contributed by atoms with Crippen LogP contribution in [-0.4, -0.2) is 20.7 Å². The SMILES string of the molecule is CC[C@H]1CCc2nc(NC(=O)c3ccc(=O)n(-c4ccccc4F)n3)sc2C1. The van der Waals surface area contributed by atoms with E-state index < -0.39 is 17.3 Å². The molecule has 1 atom stereocenters. The van der Waals surface area contributed by atoms with Crippen molar-refractivity contribution < 1.29 is 9.18 Å². The van der Waals surface area contributed by atoms with Gasteiger partial charge in [-0.25, -0.2) is 9.37 Å². The highest BCUT2D eigenvalue weighted by molar-refractivity contribution is 7.15. The summed E-state index contributed by atoms with van der Waals surface area (Å²) < 4.78 is 14.9. The molecule has 0 spiro atoms. The van der Waals surface area contributed by atoms with Gasteiger partial charge in [-0.2, -0.15) is 9.78 Å². The number of carbonyl (C=O) groups is 1. The quantitative estimate of drug-likeness (QED) is 0.729. The molecule has 1 aliphatic carbocycles. The summed E-state index contributed by atoms with van der Waals surface area (Å²) in [6.07, 6.45) is 4.18. The van der Waals surface area contributed by atoms with Crippen molar-refractivity contribution in [2.75, 3.05) is 5.32 Å². The molecule has 0 unspecified atom stereocenters. The van der Waals surface area contributed by atoms with E-state index in [1.165, 1.54) is 46.5 Å². The smallest absolute Gasteiger partial charge is 0.277 e. The van der Waals surface area contributed by atoms with Crippen molar-refractivity contribution in [2.24, 2.45) is 5.92 Å². The molecule has 0 saturated heterocycles. The maximum atomic E-state index is 14.0. The number of anilines is 1. The van der Waals surface area contributed by atoms with Crippen molar-refractivity contribution in [3.63, 3.8) is 0 Å². The molecular weight excluding hydrogens is 379 g/mol. The van der Waals surface area contributed by atoms with Crippen molar-refractivity contribution in [3.05, 3.63) is 68.8 Å². The van der Waals surface area contributed by atoms with Crippen molar-refractivity contribution in [2.45, 2.75) is 32.6 Å². The first-order valence-corrected chi connectivity index (χ1v) is 10.0. The lowest BCUT2D eigenvalue weighted by molar-refractivity contribution is 0.102. The van der Waals surface area contributed by atoms with Crippen LogP contribution in [0, 0.1) is 11.7 Å². The highest BCUT2D eigenvalue weighted by atomic mass is 32.1. The highest BCUT2D eigenvalue weighted by Crippen LogP contribution is 2.33. The minimum atomic E-state index is -0.590. The third kappa shape index (κ3) is 3.60. The molecule has 0 radical (unpaired) electrons. The topological polar surface area (TPSA) is 76.9 Å². The van der Waals surface area contributed by atoms with Gasteiger partial charge < -0.3 is 0 Å². The van der Waals surface area contributed by atoms with Gasteiger partial charge in [0, 0.05) is 10.9 Å². The minimum absolute atomic E-state index is 0.00234. The number of aryl methyl sites for hydroxylation is 1. The molecule has 2 aromatic heterocycles. The molecule has 0 bridgehead atoms. The fourth-order valence-corrected chi connectivity index (χ4v) is 4.45. The summed E-state index contributed by atoms with van der Waals surface area (Å²) in [6.45, 7) is 2.19. The molecule has 1 amide bonds. The number of nitrogens with one attached hydrogen (secondary N) is 1. The fraction of sp³-hybridized carbons (Fsp3) is 0.300. The molecule has 0 saturated carbocycles. The normalized spacial score (nSPS) is 15.9. The molecule has 1 aromatic carbocycles. The Kier molecular flexibility index (Phi) is 5.04. The number of hydrogen-bond acceptors (Lipinski definition) is 5. The molecule has 1 N–H and O–H groups in total. The van der Waals surface area contributed by atoms with Crippen molar-refractivity contribution in [1.29, 1.82) is 0 Å². The summed E-state index contributed by atoms with van der Waals surface area (Å²) in [7, 11) is 0. The zero-order valence-electron chi connectivity index (χ0n) is 15.3. The van der Waals surface area contributed by atoms with Gasteiger partial charge in [-0.15, -0.1) is 11.3 Å². The van der Waals surface area contributed by atoms with Crippen LogP contribution in [0.4, 0.5) is 9.52 Å². The maximum Gasteiger partial charge on any atom is 0.277 e. The largest absolute Gasteiger partial charge is 0.296 e. The number of nitrogens with zero attached hydrogens (tertiary/aromatic N) is 3. The van der Waals surface area contributed by atoms with E-state index in [9.17, 15) is 14.0 Å². The number of thiazole rings is 1. The molecule has 28 heavy (non-hydrogen) atoms. The Morgan fingerprint density at radius 1 is 1.32 bits per heavy atom. The van der Waals surface area contributed by atoms with Gasteiger partial charge in [0.1, 0.15) is 17.2 Å². The van der Waals surface area contributed by atoms with E-state index in [0.29, 0.717) is 11.0 Å².